The van der Waals surface area contributed by atoms with Crippen LogP contribution in [-0.2, 0) is 6.54 Å². The van der Waals surface area contributed by atoms with Crippen molar-refractivity contribution < 1.29 is 9.21 Å². The molecule has 2 aromatic heterocycles. The lowest BCUT2D eigenvalue weighted by Gasteiger charge is -2.02. The first-order chi connectivity index (χ1) is 9.54. The summed E-state index contributed by atoms with van der Waals surface area (Å²) in [4.78, 5) is 11.8. The molecule has 0 spiro atoms. The highest BCUT2D eigenvalue weighted by Gasteiger charge is 2.25. The molecule has 5 nitrogen and oxygen atoms in total. The number of hydrogen-bond donors (Lipinski definition) is 1. The predicted octanol–water partition coefficient (Wildman–Crippen LogP) is 2.69. The number of rotatable bonds is 4. The first-order valence-corrected chi connectivity index (χ1v) is 7.01. The fourth-order valence-corrected chi connectivity index (χ4v) is 2.18. The second-order valence-corrected chi connectivity index (χ2v) is 5.53. The second-order valence-electron chi connectivity index (χ2n) is 5.16. The van der Waals surface area contributed by atoms with Gasteiger partial charge in [-0.15, -0.1) is 0 Å². The van der Waals surface area contributed by atoms with Crippen LogP contribution in [0.4, 0.5) is 0 Å². The molecular formula is C14H16ClN3O2. The minimum atomic E-state index is -0.148. The van der Waals surface area contributed by atoms with Crippen LogP contribution in [0.25, 0.3) is 0 Å². The van der Waals surface area contributed by atoms with Gasteiger partial charge in [0.25, 0.3) is 5.91 Å². The molecule has 2 heterocycles. The van der Waals surface area contributed by atoms with Crippen LogP contribution >= 0.6 is 11.6 Å². The monoisotopic (exact) mass is 293 g/mol. The van der Waals surface area contributed by atoms with Gasteiger partial charge in [0, 0.05) is 6.04 Å². The van der Waals surface area contributed by atoms with Crippen molar-refractivity contribution in [1.29, 1.82) is 0 Å². The van der Waals surface area contributed by atoms with Crippen molar-refractivity contribution in [2.75, 3.05) is 0 Å². The Labute approximate surface area is 121 Å². The molecule has 106 valence electrons. The average molecular weight is 294 g/mol. The Balaban J connectivity index is 1.73. The fourth-order valence-electron chi connectivity index (χ4n) is 2.05. The van der Waals surface area contributed by atoms with E-state index in [4.69, 9.17) is 16.0 Å². The van der Waals surface area contributed by atoms with E-state index in [1.807, 2.05) is 13.8 Å². The number of carbonyl (C=O) groups excluding carboxylic acids is 1. The van der Waals surface area contributed by atoms with Crippen molar-refractivity contribution in [1.82, 2.24) is 15.1 Å². The predicted molar refractivity (Wildman–Crippen MR) is 75.0 cm³/mol. The first kappa shape index (κ1) is 13.2. The topological polar surface area (TPSA) is 60.1 Å². The minimum Gasteiger partial charge on any atom is -0.454 e. The van der Waals surface area contributed by atoms with Crippen LogP contribution in [0, 0.1) is 13.8 Å². The Kier molecular flexibility index (Phi) is 3.30. The highest BCUT2D eigenvalue weighted by molar-refractivity contribution is 6.31. The van der Waals surface area contributed by atoms with Gasteiger partial charge in [-0.3, -0.25) is 9.48 Å². The third-order valence-electron chi connectivity index (χ3n) is 3.40. The number of amides is 1. The quantitative estimate of drug-likeness (QED) is 0.943. The second kappa shape index (κ2) is 4.98. The molecule has 1 saturated carbocycles. The van der Waals surface area contributed by atoms with Gasteiger partial charge in [-0.1, -0.05) is 11.6 Å². The number of nitrogens with zero attached hydrogens (tertiary/aromatic N) is 2. The molecule has 0 bridgehead atoms. The molecule has 2 aromatic rings. The summed E-state index contributed by atoms with van der Waals surface area (Å²) in [7, 11) is 0. The largest absolute Gasteiger partial charge is 0.454 e. The lowest BCUT2D eigenvalue weighted by Crippen LogP contribution is -2.24. The zero-order chi connectivity index (χ0) is 14.3. The highest BCUT2D eigenvalue weighted by atomic mass is 35.5. The molecule has 1 N–H and O–H groups in total. The maximum Gasteiger partial charge on any atom is 0.287 e. The maximum atomic E-state index is 11.8. The van der Waals surface area contributed by atoms with Crippen LogP contribution in [-0.4, -0.2) is 21.7 Å². The number of hydrogen-bond acceptors (Lipinski definition) is 3. The Morgan fingerprint density at radius 2 is 2.25 bits per heavy atom. The number of halogens is 1. The van der Waals surface area contributed by atoms with Crippen molar-refractivity contribution >= 4 is 17.5 Å². The summed E-state index contributed by atoms with van der Waals surface area (Å²) in [5, 5.41) is 7.91. The summed E-state index contributed by atoms with van der Waals surface area (Å²) in [6.45, 7) is 4.24. The van der Waals surface area contributed by atoms with Gasteiger partial charge in [0.1, 0.15) is 5.76 Å². The van der Waals surface area contributed by atoms with Crippen molar-refractivity contribution in [3.8, 4) is 0 Å². The van der Waals surface area contributed by atoms with Crippen LogP contribution in [0.1, 0.15) is 40.5 Å². The highest BCUT2D eigenvalue weighted by Crippen LogP contribution is 2.21. The van der Waals surface area contributed by atoms with Crippen LogP contribution in [0.3, 0.4) is 0 Å². The summed E-state index contributed by atoms with van der Waals surface area (Å²) in [5.41, 5.74) is 1.69. The minimum absolute atomic E-state index is 0.148. The Hall–Kier alpha value is -1.75. The smallest absolute Gasteiger partial charge is 0.287 e. The summed E-state index contributed by atoms with van der Waals surface area (Å²) in [6.07, 6.45) is 2.12. The van der Waals surface area contributed by atoms with Gasteiger partial charge in [0.05, 0.1) is 23.0 Å². The van der Waals surface area contributed by atoms with Gasteiger partial charge in [-0.05, 0) is 38.8 Å². The van der Waals surface area contributed by atoms with E-state index < -0.39 is 0 Å². The van der Waals surface area contributed by atoms with Gasteiger partial charge in [0.15, 0.2) is 5.76 Å². The Morgan fingerprint density at radius 3 is 2.85 bits per heavy atom. The number of aromatic nitrogens is 2. The first-order valence-electron chi connectivity index (χ1n) is 6.63. The molecule has 1 fully saturated rings. The van der Waals surface area contributed by atoms with E-state index in [0.717, 1.165) is 24.2 Å². The number of furan rings is 1. The average Bonchev–Trinajstić information content (AvgIpc) is 3.05. The molecule has 0 aromatic carbocycles. The molecular weight excluding hydrogens is 278 g/mol. The van der Waals surface area contributed by atoms with Gasteiger partial charge in [-0.2, -0.15) is 5.10 Å². The van der Waals surface area contributed by atoms with Crippen LogP contribution in [0.5, 0.6) is 0 Å². The van der Waals surface area contributed by atoms with Crippen molar-refractivity contribution in [2.24, 2.45) is 0 Å². The molecule has 1 aliphatic carbocycles. The molecule has 20 heavy (non-hydrogen) atoms. The summed E-state index contributed by atoms with van der Waals surface area (Å²) >= 11 is 6.11. The van der Waals surface area contributed by atoms with Gasteiger partial charge in [0.2, 0.25) is 0 Å². The van der Waals surface area contributed by atoms with E-state index in [2.05, 4.69) is 10.4 Å². The molecule has 0 unspecified atom stereocenters. The van der Waals surface area contributed by atoms with Crippen LogP contribution in [0.2, 0.25) is 5.02 Å². The normalized spacial score (nSPS) is 14.6. The van der Waals surface area contributed by atoms with E-state index >= 15 is 0 Å². The van der Waals surface area contributed by atoms with Crippen LogP contribution in [0.15, 0.2) is 16.5 Å². The summed E-state index contributed by atoms with van der Waals surface area (Å²) < 4.78 is 7.34. The zero-order valence-corrected chi connectivity index (χ0v) is 12.2. The lowest BCUT2D eigenvalue weighted by atomic mass is 10.4. The molecule has 0 saturated heterocycles. The molecule has 1 amide bonds. The Bertz CT molecular complexity index is 655. The third kappa shape index (κ3) is 2.58. The summed E-state index contributed by atoms with van der Waals surface area (Å²) in [6, 6.07) is 3.82. The maximum absolute atomic E-state index is 11.8. The van der Waals surface area contributed by atoms with Gasteiger partial charge >= 0.3 is 0 Å². The number of carbonyl (C=O) groups is 1. The van der Waals surface area contributed by atoms with E-state index in [1.165, 1.54) is 0 Å². The molecule has 0 radical (unpaired) electrons. The zero-order valence-electron chi connectivity index (χ0n) is 11.4. The molecule has 3 rings (SSSR count). The molecule has 0 aliphatic heterocycles. The van der Waals surface area contributed by atoms with E-state index in [1.54, 1.807) is 16.8 Å². The number of nitrogens with one attached hydrogen (secondary N) is 1. The van der Waals surface area contributed by atoms with E-state index in [0.29, 0.717) is 29.1 Å². The summed E-state index contributed by atoms with van der Waals surface area (Å²) in [5.74, 6) is 0.887. The van der Waals surface area contributed by atoms with Gasteiger partial charge < -0.3 is 9.73 Å². The van der Waals surface area contributed by atoms with Crippen molar-refractivity contribution in [3.63, 3.8) is 0 Å². The third-order valence-corrected chi connectivity index (χ3v) is 3.94. The standard InChI is InChI=1S/C14H16ClN3O2/c1-8-13(15)9(2)18(17-8)7-11-5-6-12(20-11)14(19)16-10-3-4-10/h5-6,10H,3-4,7H2,1-2H3,(H,16,19). The van der Waals surface area contributed by atoms with Crippen molar-refractivity contribution in [2.45, 2.75) is 39.3 Å². The van der Waals surface area contributed by atoms with Crippen molar-refractivity contribution in [3.05, 3.63) is 40.1 Å². The lowest BCUT2D eigenvalue weighted by molar-refractivity contribution is 0.0921. The molecule has 6 heteroatoms. The van der Waals surface area contributed by atoms with Gasteiger partial charge in [-0.25, -0.2) is 0 Å². The van der Waals surface area contributed by atoms with E-state index in [9.17, 15) is 4.79 Å². The molecule has 1 aliphatic rings. The fraction of sp³-hybridized carbons (Fsp3) is 0.429. The molecule has 0 atom stereocenters. The Morgan fingerprint density at radius 1 is 1.50 bits per heavy atom. The van der Waals surface area contributed by atoms with E-state index in [-0.39, 0.29) is 5.91 Å². The van der Waals surface area contributed by atoms with Crippen LogP contribution < -0.4 is 5.32 Å². The number of aryl methyl sites for hydroxylation is 1. The SMILES string of the molecule is Cc1nn(Cc2ccc(C(=O)NC3CC3)o2)c(C)c1Cl.